The zero-order valence-corrected chi connectivity index (χ0v) is 10.4. The first-order valence-corrected chi connectivity index (χ1v) is 6.22. The van der Waals surface area contributed by atoms with Gasteiger partial charge in [-0.05, 0) is 24.5 Å². The number of esters is 1. The van der Waals surface area contributed by atoms with E-state index in [1.54, 1.807) is 30.3 Å². The smallest absolute Gasteiger partial charge is 0.338 e. The van der Waals surface area contributed by atoms with Crippen LogP contribution in [-0.2, 0) is 9.53 Å². The van der Waals surface area contributed by atoms with Crippen molar-refractivity contribution in [2.75, 3.05) is 0 Å². The number of hydrogen-bond acceptors (Lipinski definition) is 4. The van der Waals surface area contributed by atoms with E-state index in [9.17, 15) is 14.7 Å². The van der Waals surface area contributed by atoms with Gasteiger partial charge in [0.05, 0.1) is 18.1 Å². The summed E-state index contributed by atoms with van der Waals surface area (Å²) in [6.45, 7) is 0. The van der Waals surface area contributed by atoms with Crippen LogP contribution in [0.2, 0.25) is 0 Å². The number of carbonyl (C=O) groups excluding carboxylic acids is 1. The molecule has 1 saturated carbocycles. The summed E-state index contributed by atoms with van der Waals surface area (Å²) in [5.74, 6) is -1.72. The fourth-order valence-electron chi connectivity index (χ4n) is 2.39. The Balaban J connectivity index is 1.91. The molecule has 2 N–H and O–H groups in total. The Bertz CT molecular complexity index is 456. The highest BCUT2D eigenvalue weighted by Crippen LogP contribution is 2.31. The molecule has 5 nitrogen and oxygen atoms in total. The van der Waals surface area contributed by atoms with Gasteiger partial charge in [-0.2, -0.15) is 0 Å². The van der Waals surface area contributed by atoms with Gasteiger partial charge in [-0.25, -0.2) is 4.79 Å². The molecule has 1 aromatic rings. The highest BCUT2D eigenvalue weighted by Gasteiger charge is 2.36. The monoisotopic (exact) mass is 264 g/mol. The second kappa shape index (κ2) is 5.84. The molecule has 1 aliphatic rings. The molecular formula is C14H16O5. The first-order valence-electron chi connectivity index (χ1n) is 6.22. The highest BCUT2D eigenvalue weighted by atomic mass is 16.5. The standard InChI is InChI=1S/C14H16O5/c15-12-8-11(6-10(12)7-13(16)17)19-14(18)9-4-2-1-3-5-9/h1-5,10-12,15H,6-8H2,(H,16,17)/t10-,11-,12-/m0/s1. The Morgan fingerprint density at radius 1 is 1.21 bits per heavy atom. The van der Waals surface area contributed by atoms with Crippen LogP contribution >= 0.6 is 0 Å². The number of carbonyl (C=O) groups is 2. The Morgan fingerprint density at radius 2 is 1.89 bits per heavy atom. The number of aliphatic hydroxyl groups excluding tert-OH is 1. The lowest BCUT2D eigenvalue weighted by molar-refractivity contribution is -0.138. The summed E-state index contributed by atoms with van der Waals surface area (Å²) < 4.78 is 5.29. The van der Waals surface area contributed by atoms with Gasteiger partial charge in [-0.3, -0.25) is 4.79 Å². The Labute approximate surface area is 110 Å². The Kier molecular flexibility index (Phi) is 4.16. The molecule has 0 amide bonds. The lowest BCUT2D eigenvalue weighted by atomic mass is 10.0. The molecule has 2 rings (SSSR count). The lowest BCUT2D eigenvalue weighted by Crippen LogP contribution is -2.16. The predicted molar refractivity (Wildman–Crippen MR) is 66.6 cm³/mol. The van der Waals surface area contributed by atoms with Crippen LogP contribution in [0, 0.1) is 5.92 Å². The SMILES string of the molecule is O=C(O)C[C@@H]1C[C@H](OC(=O)c2ccccc2)C[C@@H]1O. The second-order valence-electron chi connectivity index (χ2n) is 4.79. The maximum atomic E-state index is 11.8. The van der Waals surface area contributed by atoms with E-state index in [2.05, 4.69) is 0 Å². The van der Waals surface area contributed by atoms with Gasteiger partial charge in [0.25, 0.3) is 0 Å². The molecule has 0 unspecified atom stereocenters. The van der Waals surface area contributed by atoms with E-state index in [4.69, 9.17) is 9.84 Å². The third-order valence-corrected chi connectivity index (χ3v) is 3.33. The van der Waals surface area contributed by atoms with Crippen molar-refractivity contribution < 1.29 is 24.5 Å². The summed E-state index contributed by atoms with van der Waals surface area (Å²) in [7, 11) is 0. The maximum Gasteiger partial charge on any atom is 0.338 e. The molecule has 1 aromatic carbocycles. The zero-order chi connectivity index (χ0) is 13.8. The normalized spacial score (nSPS) is 26.1. The molecule has 0 aliphatic heterocycles. The molecule has 0 bridgehead atoms. The molecule has 0 heterocycles. The van der Waals surface area contributed by atoms with Gasteiger partial charge in [-0.1, -0.05) is 18.2 Å². The number of benzene rings is 1. The molecule has 0 aromatic heterocycles. The summed E-state index contributed by atoms with van der Waals surface area (Å²) in [5.41, 5.74) is 0.457. The summed E-state index contributed by atoms with van der Waals surface area (Å²) >= 11 is 0. The van der Waals surface area contributed by atoms with E-state index in [1.807, 2.05) is 0 Å². The van der Waals surface area contributed by atoms with E-state index < -0.39 is 24.1 Å². The molecule has 19 heavy (non-hydrogen) atoms. The second-order valence-corrected chi connectivity index (χ2v) is 4.79. The fraction of sp³-hybridized carbons (Fsp3) is 0.429. The average molecular weight is 264 g/mol. The van der Waals surface area contributed by atoms with Crippen molar-refractivity contribution in [1.29, 1.82) is 0 Å². The van der Waals surface area contributed by atoms with Crippen LogP contribution in [-0.4, -0.2) is 34.4 Å². The number of aliphatic hydroxyl groups is 1. The van der Waals surface area contributed by atoms with Gasteiger partial charge in [0.15, 0.2) is 0 Å². The molecule has 1 fully saturated rings. The van der Waals surface area contributed by atoms with Crippen molar-refractivity contribution in [1.82, 2.24) is 0 Å². The topological polar surface area (TPSA) is 83.8 Å². The molecule has 0 saturated heterocycles. The largest absolute Gasteiger partial charge is 0.481 e. The van der Waals surface area contributed by atoms with E-state index >= 15 is 0 Å². The van der Waals surface area contributed by atoms with Gasteiger partial charge in [0, 0.05) is 6.42 Å². The van der Waals surface area contributed by atoms with E-state index in [0.29, 0.717) is 18.4 Å². The predicted octanol–water partition coefficient (Wildman–Crippen LogP) is 1.46. The van der Waals surface area contributed by atoms with Gasteiger partial charge >= 0.3 is 11.9 Å². The maximum absolute atomic E-state index is 11.8. The van der Waals surface area contributed by atoms with Crippen molar-refractivity contribution in [3.8, 4) is 0 Å². The van der Waals surface area contributed by atoms with Gasteiger partial charge in [-0.15, -0.1) is 0 Å². The first kappa shape index (κ1) is 13.5. The van der Waals surface area contributed by atoms with Crippen molar-refractivity contribution in [3.63, 3.8) is 0 Å². The van der Waals surface area contributed by atoms with Gasteiger partial charge in [0.1, 0.15) is 6.10 Å². The quantitative estimate of drug-likeness (QED) is 0.804. The van der Waals surface area contributed by atoms with E-state index in [-0.39, 0.29) is 12.3 Å². The van der Waals surface area contributed by atoms with Crippen LogP contribution in [0.15, 0.2) is 30.3 Å². The van der Waals surface area contributed by atoms with E-state index in [1.165, 1.54) is 0 Å². The van der Waals surface area contributed by atoms with Crippen LogP contribution in [0.3, 0.4) is 0 Å². The number of hydrogen-bond donors (Lipinski definition) is 2. The molecule has 1 aliphatic carbocycles. The number of aliphatic carboxylic acids is 1. The average Bonchev–Trinajstić information content (AvgIpc) is 2.70. The summed E-state index contributed by atoms with van der Waals surface area (Å²) in [6.07, 6.45) is -0.528. The van der Waals surface area contributed by atoms with Crippen LogP contribution in [0.5, 0.6) is 0 Å². The van der Waals surface area contributed by atoms with Gasteiger partial charge in [0.2, 0.25) is 0 Å². The summed E-state index contributed by atoms with van der Waals surface area (Å²) in [6, 6.07) is 8.60. The third-order valence-electron chi connectivity index (χ3n) is 3.33. The minimum atomic E-state index is -0.945. The molecule has 0 spiro atoms. The Hall–Kier alpha value is -1.88. The third kappa shape index (κ3) is 3.54. The number of rotatable bonds is 4. The number of ether oxygens (including phenoxy) is 1. The number of carboxylic acids is 1. The summed E-state index contributed by atoms with van der Waals surface area (Å²) in [5, 5.41) is 18.5. The van der Waals surface area contributed by atoms with Crippen LogP contribution in [0.4, 0.5) is 0 Å². The first-order chi connectivity index (χ1) is 9.06. The molecular weight excluding hydrogens is 248 g/mol. The lowest BCUT2D eigenvalue weighted by Gasteiger charge is -2.11. The molecule has 102 valence electrons. The Morgan fingerprint density at radius 3 is 2.53 bits per heavy atom. The molecule has 3 atom stereocenters. The van der Waals surface area contributed by atoms with Crippen LogP contribution in [0.1, 0.15) is 29.6 Å². The van der Waals surface area contributed by atoms with Crippen molar-refractivity contribution >= 4 is 11.9 Å². The van der Waals surface area contributed by atoms with Gasteiger partial charge < -0.3 is 14.9 Å². The molecule has 5 heteroatoms. The van der Waals surface area contributed by atoms with Crippen LogP contribution in [0.25, 0.3) is 0 Å². The van der Waals surface area contributed by atoms with E-state index in [0.717, 1.165) is 0 Å². The number of carboxylic acid groups (broad SMARTS) is 1. The van der Waals surface area contributed by atoms with Crippen molar-refractivity contribution in [2.45, 2.75) is 31.5 Å². The van der Waals surface area contributed by atoms with Crippen molar-refractivity contribution in [2.24, 2.45) is 5.92 Å². The minimum absolute atomic E-state index is 0.0967. The van der Waals surface area contributed by atoms with Crippen LogP contribution < -0.4 is 0 Å². The summed E-state index contributed by atoms with van der Waals surface area (Å²) in [4.78, 5) is 22.4. The molecule has 0 radical (unpaired) electrons. The van der Waals surface area contributed by atoms with Crippen molar-refractivity contribution in [3.05, 3.63) is 35.9 Å². The zero-order valence-electron chi connectivity index (χ0n) is 10.4. The highest BCUT2D eigenvalue weighted by molar-refractivity contribution is 5.89. The fourth-order valence-corrected chi connectivity index (χ4v) is 2.39. The minimum Gasteiger partial charge on any atom is -0.481 e.